The van der Waals surface area contributed by atoms with Crippen LogP contribution in [0.5, 0.6) is 0 Å². The van der Waals surface area contributed by atoms with Crippen LogP contribution in [-0.4, -0.2) is 36.8 Å². The van der Waals surface area contributed by atoms with Crippen LogP contribution in [0, 0.1) is 0 Å². The van der Waals surface area contributed by atoms with E-state index in [1.165, 1.54) is 4.90 Å². The molecule has 4 heteroatoms. The SMILES string of the molecule is CN(C)C(=O)CCOO. The van der Waals surface area contributed by atoms with Gasteiger partial charge in [-0.15, -0.1) is 0 Å². The van der Waals surface area contributed by atoms with Gasteiger partial charge >= 0.3 is 0 Å². The van der Waals surface area contributed by atoms with Crippen LogP contribution >= 0.6 is 0 Å². The third-order valence-corrected chi connectivity index (χ3v) is 0.906. The first-order valence-corrected chi connectivity index (χ1v) is 2.65. The van der Waals surface area contributed by atoms with E-state index in [-0.39, 0.29) is 18.9 Å². The van der Waals surface area contributed by atoms with Crippen molar-refractivity contribution in [2.75, 3.05) is 20.7 Å². The molecule has 0 heterocycles. The van der Waals surface area contributed by atoms with Crippen LogP contribution in [0.25, 0.3) is 0 Å². The summed E-state index contributed by atoms with van der Waals surface area (Å²) in [7, 11) is 3.30. The van der Waals surface area contributed by atoms with E-state index in [1.54, 1.807) is 14.1 Å². The third kappa shape index (κ3) is 3.93. The second-order valence-corrected chi connectivity index (χ2v) is 1.87. The summed E-state index contributed by atoms with van der Waals surface area (Å²) in [5.41, 5.74) is 0. The van der Waals surface area contributed by atoms with Gasteiger partial charge in [0, 0.05) is 14.1 Å². The summed E-state index contributed by atoms with van der Waals surface area (Å²) in [6.07, 6.45) is 0.226. The molecule has 0 bridgehead atoms. The Labute approximate surface area is 54.0 Å². The molecule has 0 aliphatic heterocycles. The number of hydrogen-bond acceptors (Lipinski definition) is 3. The minimum atomic E-state index is -0.0518. The van der Waals surface area contributed by atoms with E-state index < -0.39 is 0 Å². The summed E-state index contributed by atoms with van der Waals surface area (Å²) < 4.78 is 0. The molecule has 0 unspecified atom stereocenters. The molecule has 0 fully saturated rings. The van der Waals surface area contributed by atoms with E-state index in [1.807, 2.05) is 0 Å². The summed E-state index contributed by atoms with van der Waals surface area (Å²) in [5, 5.41) is 7.83. The van der Waals surface area contributed by atoms with Crippen LogP contribution in [0.1, 0.15) is 6.42 Å². The predicted molar refractivity (Wildman–Crippen MR) is 31.9 cm³/mol. The molecule has 0 radical (unpaired) electrons. The molecule has 1 N–H and O–H groups in total. The first kappa shape index (κ1) is 8.39. The molecule has 0 saturated carbocycles. The minimum absolute atomic E-state index is 0.0518. The fourth-order valence-electron chi connectivity index (χ4n) is 0.357. The fraction of sp³-hybridized carbons (Fsp3) is 0.800. The van der Waals surface area contributed by atoms with Crippen molar-refractivity contribution < 1.29 is 14.9 Å². The van der Waals surface area contributed by atoms with Crippen LogP contribution in [0.2, 0.25) is 0 Å². The van der Waals surface area contributed by atoms with Crippen molar-refractivity contribution in [2.45, 2.75) is 6.42 Å². The van der Waals surface area contributed by atoms with E-state index in [2.05, 4.69) is 4.89 Å². The van der Waals surface area contributed by atoms with Crippen LogP contribution in [0.3, 0.4) is 0 Å². The normalized spacial score (nSPS) is 9.22. The van der Waals surface area contributed by atoms with Gasteiger partial charge in [-0.1, -0.05) is 0 Å². The highest BCUT2D eigenvalue weighted by atomic mass is 17.1. The lowest BCUT2D eigenvalue weighted by Crippen LogP contribution is -2.22. The van der Waals surface area contributed by atoms with Gasteiger partial charge in [-0.2, -0.15) is 0 Å². The lowest BCUT2D eigenvalue weighted by atomic mass is 10.4. The van der Waals surface area contributed by atoms with Crippen molar-refractivity contribution in [1.82, 2.24) is 4.90 Å². The molecule has 0 saturated heterocycles. The Balaban J connectivity index is 3.28. The van der Waals surface area contributed by atoms with Gasteiger partial charge in [-0.3, -0.25) is 10.1 Å². The van der Waals surface area contributed by atoms with Gasteiger partial charge < -0.3 is 4.90 Å². The minimum Gasteiger partial charge on any atom is -0.349 e. The zero-order chi connectivity index (χ0) is 7.28. The Bertz CT molecular complexity index is 92.2. The molecule has 9 heavy (non-hydrogen) atoms. The Morgan fingerprint density at radius 1 is 1.67 bits per heavy atom. The molecule has 0 aliphatic carbocycles. The molecule has 0 aromatic heterocycles. The molecule has 0 rings (SSSR count). The van der Waals surface area contributed by atoms with Crippen LogP contribution in [-0.2, 0) is 9.68 Å². The van der Waals surface area contributed by atoms with E-state index in [9.17, 15) is 4.79 Å². The van der Waals surface area contributed by atoms with Gasteiger partial charge in [0.05, 0.1) is 13.0 Å². The van der Waals surface area contributed by atoms with Gasteiger partial charge in [0.2, 0.25) is 5.91 Å². The largest absolute Gasteiger partial charge is 0.349 e. The second-order valence-electron chi connectivity index (χ2n) is 1.87. The zero-order valence-corrected chi connectivity index (χ0v) is 5.63. The van der Waals surface area contributed by atoms with Crippen molar-refractivity contribution in [1.29, 1.82) is 0 Å². The summed E-state index contributed by atoms with van der Waals surface area (Å²) >= 11 is 0. The van der Waals surface area contributed by atoms with Crippen molar-refractivity contribution in [3.05, 3.63) is 0 Å². The van der Waals surface area contributed by atoms with Crippen LogP contribution in [0.4, 0.5) is 0 Å². The number of carbonyl (C=O) groups excluding carboxylic acids is 1. The number of amides is 1. The molecule has 0 aromatic carbocycles. The lowest BCUT2D eigenvalue weighted by molar-refractivity contribution is -0.242. The summed E-state index contributed by atoms with van der Waals surface area (Å²) in [6.45, 7) is 0.0665. The van der Waals surface area contributed by atoms with Crippen LogP contribution in [0.15, 0.2) is 0 Å². The lowest BCUT2D eigenvalue weighted by Gasteiger charge is -2.07. The van der Waals surface area contributed by atoms with Gasteiger partial charge in [-0.25, -0.2) is 4.89 Å². The first-order valence-electron chi connectivity index (χ1n) is 2.65. The molecule has 4 nitrogen and oxygen atoms in total. The van der Waals surface area contributed by atoms with E-state index >= 15 is 0 Å². The van der Waals surface area contributed by atoms with Gasteiger partial charge in [-0.05, 0) is 0 Å². The standard InChI is InChI=1S/C5H11NO3/c1-6(2)5(7)3-4-9-8/h8H,3-4H2,1-2H3. The Morgan fingerprint density at radius 3 is 2.56 bits per heavy atom. The van der Waals surface area contributed by atoms with Crippen molar-refractivity contribution in [3.8, 4) is 0 Å². The molecule has 0 spiro atoms. The average molecular weight is 133 g/mol. The zero-order valence-electron chi connectivity index (χ0n) is 5.63. The highest BCUT2D eigenvalue weighted by Gasteiger charge is 2.01. The summed E-state index contributed by atoms with van der Waals surface area (Å²) in [5.74, 6) is -0.0518. The Morgan fingerprint density at radius 2 is 2.22 bits per heavy atom. The Hall–Kier alpha value is -0.610. The maximum absolute atomic E-state index is 10.6. The number of nitrogens with zero attached hydrogens (tertiary/aromatic N) is 1. The fourth-order valence-corrected chi connectivity index (χ4v) is 0.357. The topological polar surface area (TPSA) is 49.8 Å². The molecule has 0 aliphatic rings. The van der Waals surface area contributed by atoms with E-state index in [0.717, 1.165) is 0 Å². The first-order chi connectivity index (χ1) is 4.18. The Kier molecular flexibility index (Phi) is 4.00. The van der Waals surface area contributed by atoms with Gasteiger partial charge in [0.1, 0.15) is 0 Å². The highest BCUT2D eigenvalue weighted by Crippen LogP contribution is 1.85. The number of carbonyl (C=O) groups is 1. The van der Waals surface area contributed by atoms with E-state index in [0.29, 0.717) is 0 Å². The maximum atomic E-state index is 10.6. The second kappa shape index (κ2) is 4.29. The third-order valence-electron chi connectivity index (χ3n) is 0.906. The van der Waals surface area contributed by atoms with Gasteiger partial charge in [0.15, 0.2) is 0 Å². The number of hydrogen-bond donors (Lipinski definition) is 1. The monoisotopic (exact) mass is 133 g/mol. The highest BCUT2D eigenvalue weighted by molar-refractivity contribution is 5.75. The van der Waals surface area contributed by atoms with Crippen LogP contribution < -0.4 is 0 Å². The van der Waals surface area contributed by atoms with Crippen molar-refractivity contribution in [2.24, 2.45) is 0 Å². The van der Waals surface area contributed by atoms with Gasteiger partial charge in [0.25, 0.3) is 0 Å². The summed E-state index contributed by atoms with van der Waals surface area (Å²) in [6, 6.07) is 0. The molecular weight excluding hydrogens is 122 g/mol. The molecule has 54 valence electrons. The molecular formula is C5H11NO3. The molecule has 0 aromatic rings. The smallest absolute Gasteiger partial charge is 0.224 e. The van der Waals surface area contributed by atoms with E-state index in [4.69, 9.17) is 5.26 Å². The summed E-state index contributed by atoms with van der Waals surface area (Å²) in [4.78, 5) is 15.8. The van der Waals surface area contributed by atoms with Crippen molar-refractivity contribution in [3.63, 3.8) is 0 Å². The maximum Gasteiger partial charge on any atom is 0.224 e. The quantitative estimate of drug-likeness (QED) is 0.434. The average Bonchev–Trinajstić information content (AvgIpc) is 1.82. The molecule has 1 amide bonds. The van der Waals surface area contributed by atoms with Crippen molar-refractivity contribution >= 4 is 5.91 Å². The molecule has 0 atom stereocenters. The predicted octanol–water partition coefficient (Wildman–Crippen LogP) is -0.0457. The number of rotatable bonds is 3.